The second kappa shape index (κ2) is 5.93. The van der Waals surface area contributed by atoms with Crippen molar-refractivity contribution in [2.75, 3.05) is 0 Å². The van der Waals surface area contributed by atoms with Gasteiger partial charge in [-0.15, -0.1) is 11.3 Å². The molecule has 0 fully saturated rings. The molecule has 22 heavy (non-hydrogen) atoms. The van der Waals surface area contributed by atoms with Crippen LogP contribution in [0.5, 0.6) is 0 Å². The van der Waals surface area contributed by atoms with Crippen molar-refractivity contribution >= 4 is 28.3 Å². The number of fused-ring (bicyclic) bond motifs is 1. The first kappa shape index (κ1) is 14.8. The van der Waals surface area contributed by atoms with Gasteiger partial charge in [-0.25, -0.2) is 4.98 Å². The maximum absolute atomic E-state index is 12.3. The summed E-state index contributed by atoms with van der Waals surface area (Å²) in [6.07, 6.45) is 0. The molecule has 0 saturated heterocycles. The summed E-state index contributed by atoms with van der Waals surface area (Å²) in [5.41, 5.74) is 2.84. The SMILES string of the molecule is CCn1c(CNC(=O)c2cc(C)sc2C)nc2ccccc21. The molecule has 3 aromatic rings. The van der Waals surface area contributed by atoms with E-state index in [1.165, 1.54) is 0 Å². The first-order chi connectivity index (χ1) is 10.6. The Bertz CT molecular complexity index is 832. The van der Waals surface area contributed by atoms with Crippen LogP contribution in [0.3, 0.4) is 0 Å². The molecule has 0 saturated carbocycles. The molecule has 5 heteroatoms. The highest BCUT2D eigenvalue weighted by Gasteiger charge is 2.14. The lowest BCUT2D eigenvalue weighted by atomic mass is 10.2. The number of imidazole rings is 1. The molecule has 0 atom stereocenters. The molecule has 114 valence electrons. The van der Waals surface area contributed by atoms with Crippen LogP contribution in [0.1, 0.15) is 32.9 Å². The van der Waals surface area contributed by atoms with E-state index in [-0.39, 0.29) is 5.91 Å². The summed E-state index contributed by atoms with van der Waals surface area (Å²) in [5.74, 6) is 0.859. The molecule has 1 aromatic carbocycles. The Labute approximate surface area is 133 Å². The van der Waals surface area contributed by atoms with Crippen molar-refractivity contribution in [3.05, 3.63) is 51.5 Å². The number of thiophene rings is 1. The zero-order valence-electron chi connectivity index (χ0n) is 13.0. The highest BCUT2D eigenvalue weighted by Crippen LogP contribution is 2.21. The summed E-state index contributed by atoms with van der Waals surface area (Å²) in [6, 6.07) is 9.99. The van der Waals surface area contributed by atoms with Crippen LogP contribution in [0.25, 0.3) is 11.0 Å². The normalized spacial score (nSPS) is 11.0. The maximum atomic E-state index is 12.3. The summed E-state index contributed by atoms with van der Waals surface area (Å²) in [5, 5.41) is 2.99. The Morgan fingerprint density at radius 1 is 1.32 bits per heavy atom. The van der Waals surface area contributed by atoms with Gasteiger partial charge in [0.2, 0.25) is 0 Å². The zero-order chi connectivity index (χ0) is 15.7. The molecule has 1 amide bonds. The molecule has 0 bridgehead atoms. The Balaban J connectivity index is 1.82. The topological polar surface area (TPSA) is 46.9 Å². The monoisotopic (exact) mass is 313 g/mol. The summed E-state index contributed by atoms with van der Waals surface area (Å²) in [7, 11) is 0. The van der Waals surface area contributed by atoms with Crippen LogP contribution < -0.4 is 5.32 Å². The van der Waals surface area contributed by atoms with Crippen LogP contribution in [-0.2, 0) is 13.1 Å². The largest absolute Gasteiger partial charge is 0.345 e. The number of aryl methyl sites for hydroxylation is 3. The van der Waals surface area contributed by atoms with Gasteiger partial charge in [-0.2, -0.15) is 0 Å². The van der Waals surface area contributed by atoms with Gasteiger partial charge < -0.3 is 9.88 Å². The molecule has 0 spiro atoms. The van der Waals surface area contributed by atoms with E-state index in [1.54, 1.807) is 11.3 Å². The third-order valence-corrected chi connectivity index (χ3v) is 4.71. The lowest BCUT2D eigenvalue weighted by Gasteiger charge is -2.07. The average molecular weight is 313 g/mol. The molecular formula is C17H19N3OS. The van der Waals surface area contributed by atoms with Crippen LogP contribution >= 0.6 is 11.3 Å². The Hall–Kier alpha value is -2.14. The van der Waals surface area contributed by atoms with Crippen LogP contribution in [0, 0.1) is 13.8 Å². The minimum atomic E-state index is -0.0310. The standard InChI is InChI=1S/C17H19N3OS/c1-4-20-15-8-6-5-7-14(15)19-16(20)10-18-17(21)13-9-11(2)22-12(13)3/h5-9H,4,10H2,1-3H3,(H,18,21). The number of nitrogens with zero attached hydrogens (tertiary/aromatic N) is 2. The molecular weight excluding hydrogens is 294 g/mol. The van der Waals surface area contributed by atoms with Crippen LogP contribution in [0.4, 0.5) is 0 Å². The Morgan fingerprint density at radius 3 is 2.77 bits per heavy atom. The van der Waals surface area contributed by atoms with E-state index in [0.717, 1.165) is 38.7 Å². The van der Waals surface area contributed by atoms with Crippen molar-refractivity contribution in [1.29, 1.82) is 0 Å². The van der Waals surface area contributed by atoms with E-state index in [1.807, 2.05) is 38.1 Å². The van der Waals surface area contributed by atoms with Gasteiger partial charge in [-0.1, -0.05) is 12.1 Å². The number of para-hydroxylation sites is 2. The van der Waals surface area contributed by atoms with Crippen molar-refractivity contribution in [2.45, 2.75) is 33.9 Å². The number of aromatic nitrogens is 2. The fraction of sp³-hybridized carbons (Fsp3) is 0.294. The zero-order valence-corrected chi connectivity index (χ0v) is 13.8. The lowest BCUT2D eigenvalue weighted by Crippen LogP contribution is -2.24. The number of rotatable bonds is 4. The number of nitrogens with one attached hydrogen (secondary N) is 1. The number of benzene rings is 1. The van der Waals surface area contributed by atoms with Gasteiger partial charge in [0.1, 0.15) is 5.82 Å². The van der Waals surface area contributed by atoms with E-state index in [2.05, 4.69) is 27.9 Å². The maximum Gasteiger partial charge on any atom is 0.252 e. The predicted octanol–water partition coefficient (Wildman–Crippen LogP) is 3.66. The summed E-state index contributed by atoms with van der Waals surface area (Å²) in [4.78, 5) is 19.2. The summed E-state index contributed by atoms with van der Waals surface area (Å²) < 4.78 is 2.14. The van der Waals surface area contributed by atoms with Crippen LogP contribution in [-0.4, -0.2) is 15.5 Å². The number of carbonyl (C=O) groups is 1. The van der Waals surface area contributed by atoms with Gasteiger partial charge >= 0.3 is 0 Å². The molecule has 0 aliphatic heterocycles. The van der Waals surface area contributed by atoms with E-state index in [9.17, 15) is 4.79 Å². The number of hydrogen-bond acceptors (Lipinski definition) is 3. The Morgan fingerprint density at radius 2 is 2.09 bits per heavy atom. The highest BCUT2D eigenvalue weighted by atomic mass is 32.1. The van der Waals surface area contributed by atoms with Crippen molar-refractivity contribution in [2.24, 2.45) is 0 Å². The predicted molar refractivity (Wildman–Crippen MR) is 90.4 cm³/mol. The molecule has 0 unspecified atom stereocenters. The van der Waals surface area contributed by atoms with Crippen LogP contribution in [0.2, 0.25) is 0 Å². The molecule has 4 nitrogen and oxygen atoms in total. The third-order valence-electron chi connectivity index (χ3n) is 3.74. The molecule has 0 radical (unpaired) electrons. The third kappa shape index (κ3) is 2.64. The molecule has 3 rings (SSSR count). The quantitative estimate of drug-likeness (QED) is 0.799. The van der Waals surface area contributed by atoms with Gasteiger partial charge in [0.25, 0.3) is 5.91 Å². The van der Waals surface area contributed by atoms with Gasteiger partial charge in [0.15, 0.2) is 0 Å². The molecule has 1 N–H and O–H groups in total. The van der Waals surface area contributed by atoms with E-state index >= 15 is 0 Å². The number of hydrogen-bond donors (Lipinski definition) is 1. The van der Waals surface area contributed by atoms with Crippen molar-refractivity contribution < 1.29 is 4.79 Å². The van der Waals surface area contributed by atoms with Gasteiger partial charge in [-0.3, -0.25) is 4.79 Å². The molecule has 0 aliphatic rings. The number of amides is 1. The second-order valence-electron chi connectivity index (χ2n) is 5.27. The molecule has 2 aromatic heterocycles. The van der Waals surface area contributed by atoms with E-state index in [4.69, 9.17) is 0 Å². The van der Waals surface area contributed by atoms with Crippen LogP contribution in [0.15, 0.2) is 30.3 Å². The first-order valence-corrected chi connectivity index (χ1v) is 8.21. The Kier molecular flexibility index (Phi) is 3.98. The lowest BCUT2D eigenvalue weighted by molar-refractivity contribution is 0.0949. The van der Waals surface area contributed by atoms with Gasteiger partial charge in [0.05, 0.1) is 23.1 Å². The number of carbonyl (C=O) groups excluding carboxylic acids is 1. The van der Waals surface area contributed by atoms with Crippen molar-refractivity contribution in [3.63, 3.8) is 0 Å². The first-order valence-electron chi connectivity index (χ1n) is 7.39. The second-order valence-corrected chi connectivity index (χ2v) is 6.73. The fourth-order valence-electron chi connectivity index (χ4n) is 2.72. The smallest absolute Gasteiger partial charge is 0.252 e. The van der Waals surface area contributed by atoms with Crippen molar-refractivity contribution in [3.8, 4) is 0 Å². The van der Waals surface area contributed by atoms with E-state index < -0.39 is 0 Å². The van der Waals surface area contributed by atoms with Gasteiger partial charge in [0, 0.05) is 16.3 Å². The van der Waals surface area contributed by atoms with Gasteiger partial charge in [-0.05, 0) is 39.0 Å². The summed E-state index contributed by atoms with van der Waals surface area (Å²) >= 11 is 1.65. The summed E-state index contributed by atoms with van der Waals surface area (Å²) in [6.45, 7) is 7.36. The molecule has 2 heterocycles. The minimum Gasteiger partial charge on any atom is -0.345 e. The molecule has 0 aliphatic carbocycles. The van der Waals surface area contributed by atoms with E-state index in [0.29, 0.717) is 6.54 Å². The minimum absolute atomic E-state index is 0.0310. The highest BCUT2D eigenvalue weighted by molar-refractivity contribution is 7.12. The van der Waals surface area contributed by atoms with Crippen molar-refractivity contribution in [1.82, 2.24) is 14.9 Å². The average Bonchev–Trinajstić information content (AvgIpc) is 3.03. The fourth-order valence-corrected chi connectivity index (χ4v) is 3.65.